The zero-order valence-electron chi connectivity index (χ0n) is 7.06. The summed E-state index contributed by atoms with van der Waals surface area (Å²) in [6.07, 6.45) is -4.38. The smallest absolute Gasteiger partial charge is 0.343 e. The number of halogens is 3. The normalized spacial score (nSPS) is 11.1. The average molecular weight is 202 g/mol. The van der Waals surface area contributed by atoms with Crippen molar-refractivity contribution < 1.29 is 18.0 Å². The molecule has 0 aliphatic carbocycles. The predicted octanol–water partition coefficient (Wildman–Crippen LogP) is 1.78. The largest absolute Gasteiger partial charge is 0.405 e. The molecule has 0 aliphatic rings. The summed E-state index contributed by atoms with van der Waals surface area (Å²) in [5.74, 6) is -0.775. The van der Waals surface area contributed by atoms with Crippen molar-refractivity contribution in [2.24, 2.45) is 0 Å². The van der Waals surface area contributed by atoms with Gasteiger partial charge < -0.3 is 5.32 Å². The molecule has 14 heavy (non-hydrogen) atoms. The van der Waals surface area contributed by atoms with Gasteiger partial charge in [0.25, 0.3) is 5.91 Å². The van der Waals surface area contributed by atoms with Crippen molar-refractivity contribution in [3.05, 3.63) is 35.9 Å². The molecule has 1 radical (unpaired) electrons. The zero-order chi connectivity index (χ0) is 10.6. The second-order valence-electron chi connectivity index (χ2n) is 2.57. The number of hydrogen-bond acceptors (Lipinski definition) is 1. The number of amides is 1. The van der Waals surface area contributed by atoms with E-state index in [0.29, 0.717) is 0 Å². The van der Waals surface area contributed by atoms with Crippen LogP contribution in [0.25, 0.3) is 0 Å². The molecular weight excluding hydrogens is 195 g/mol. The summed E-state index contributed by atoms with van der Waals surface area (Å²) in [4.78, 5) is 11.0. The minimum absolute atomic E-state index is 0.0942. The van der Waals surface area contributed by atoms with E-state index in [1.165, 1.54) is 12.1 Å². The van der Waals surface area contributed by atoms with Crippen LogP contribution in [0.5, 0.6) is 0 Å². The van der Waals surface area contributed by atoms with E-state index < -0.39 is 18.6 Å². The monoisotopic (exact) mass is 202 g/mol. The van der Waals surface area contributed by atoms with Crippen molar-refractivity contribution in [1.82, 2.24) is 5.32 Å². The van der Waals surface area contributed by atoms with Crippen LogP contribution in [0.4, 0.5) is 13.2 Å². The summed E-state index contributed by atoms with van der Waals surface area (Å²) in [6, 6.07) is 8.56. The van der Waals surface area contributed by atoms with Gasteiger partial charge in [-0.05, 0) is 12.1 Å². The zero-order valence-corrected chi connectivity index (χ0v) is 7.06. The summed E-state index contributed by atoms with van der Waals surface area (Å²) in [5, 5.41) is 1.74. The Labute approximate surface area is 78.7 Å². The summed E-state index contributed by atoms with van der Waals surface area (Å²) < 4.78 is 35.1. The average Bonchev–Trinajstić information content (AvgIpc) is 2.14. The Morgan fingerprint density at radius 2 is 2.14 bits per heavy atom. The van der Waals surface area contributed by atoms with Gasteiger partial charge in [-0.2, -0.15) is 13.2 Å². The number of benzene rings is 1. The van der Waals surface area contributed by atoms with Gasteiger partial charge in [0.15, 0.2) is 0 Å². The molecule has 0 spiro atoms. The van der Waals surface area contributed by atoms with Gasteiger partial charge in [-0.1, -0.05) is 18.2 Å². The minimum Gasteiger partial charge on any atom is -0.343 e. The van der Waals surface area contributed by atoms with Gasteiger partial charge in [-0.3, -0.25) is 4.79 Å². The molecule has 0 aromatic heterocycles. The topological polar surface area (TPSA) is 29.1 Å². The first-order valence-electron chi connectivity index (χ1n) is 3.81. The van der Waals surface area contributed by atoms with Crippen molar-refractivity contribution in [3.8, 4) is 0 Å². The van der Waals surface area contributed by atoms with Crippen LogP contribution in [-0.2, 0) is 0 Å². The highest BCUT2D eigenvalue weighted by molar-refractivity contribution is 5.93. The Morgan fingerprint density at radius 1 is 1.43 bits per heavy atom. The molecule has 0 saturated heterocycles. The fourth-order valence-electron chi connectivity index (χ4n) is 0.810. The molecular formula is C9H7F3NO. The van der Waals surface area contributed by atoms with Crippen LogP contribution in [-0.4, -0.2) is 18.6 Å². The number of carbonyl (C=O) groups excluding carboxylic acids is 1. The summed E-state index contributed by atoms with van der Waals surface area (Å²) in [7, 11) is 0. The van der Waals surface area contributed by atoms with Crippen LogP contribution >= 0.6 is 0 Å². The molecule has 5 heteroatoms. The van der Waals surface area contributed by atoms with Crippen molar-refractivity contribution >= 4 is 5.91 Å². The van der Waals surface area contributed by atoms with Gasteiger partial charge in [0, 0.05) is 5.56 Å². The van der Waals surface area contributed by atoms with Crippen LogP contribution in [0, 0.1) is 6.07 Å². The van der Waals surface area contributed by atoms with Gasteiger partial charge in [0.05, 0.1) is 0 Å². The number of alkyl halides is 3. The van der Waals surface area contributed by atoms with Crippen molar-refractivity contribution in [3.63, 3.8) is 0 Å². The lowest BCUT2D eigenvalue weighted by Gasteiger charge is -2.07. The number of carbonyl (C=O) groups is 1. The number of rotatable bonds is 2. The van der Waals surface area contributed by atoms with Crippen LogP contribution in [0.1, 0.15) is 10.4 Å². The highest BCUT2D eigenvalue weighted by Gasteiger charge is 2.27. The Kier molecular flexibility index (Phi) is 3.11. The maximum atomic E-state index is 11.7. The Bertz CT molecular complexity index is 308. The van der Waals surface area contributed by atoms with E-state index in [4.69, 9.17) is 0 Å². The van der Waals surface area contributed by atoms with Gasteiger partial charge in [-0.15, -0.1) is 0 Å². The Morgan fingerprint density at radius 3 is 2.64 bits per heavy atom. The highest BCUT2D eigenvalue weighted by atomic mass is 19.4. The lowest BCUT2D eigenvalue weighted by atomic mass is 10.2. The summed E-state index contributed by atoms with van der Waals surface area (Å²) in [6.45, 7) is -1.32. The van der Waals surface area contributed by atoms with Gasteiger partial charge >= 0.3 is 6.18 Å². The second-order valence-corrected chi connectivity index (χ2v) is 2.57. The van der Waals surface area contributed by atoms with E-state index in [2.05, 4.69) is 6.07 Å². The SMILES string of the molecule is O=C(NCC(F)(F)F)c1[c]cccc1. The predicted molar refractivity (Wildman–Crippen MR) is 43.7 cm³/mol. The maximum absolute atomic E-state index is 11.7. The third-order valence-electron chi connectivity index (χ3n) is 1.40. The Balaban J connectivity index is 2.52. The molecule has 75 valence electrons. The first-order chi connectivity index (χ1) is 6.49. The summed E-state index contributed by atoms with van der Waals surface area (Å²) >= 11 is 0. The molecule has 1 amide bonds. The first-order valence-corrected chi connectivity index (χ1v) is 3.81. The van der Waals surface area contributed by atoms with E-state index in [9.17, 15) is 18.0 Å². The molecule has 1 aromatic rings. The minimum atomic E-state index is -4.38. The second kappa shape index (κ2) is 4.13. The third-order valence-corrected chi connectivity index (χ3v) is 1.40. The van der Waals surface area contributed by atoms with Crippen LogP contribution < -0.4 is 5.32 Å². The molecule has 0 aliphatic heterocycles. The first kappa shape index (κ1) is 10.6. The van der Waals surface area contributed by atoms with Crippen LogP contribution in [0.15, 0.2) is 24.3 Å². The molecule has 0 fully saturated rings. The van der Waals surface area contributed by atoms with E-state index in [1.54, 1.807) is 17.4 Å². The van der Waals surface area contributed by atoms with E-state index >= 15 is 0 Å². The lowest BCUT2D eigenvalue weighted by molar-refractivity contribution is -0.123. The highest BCUT2D eigenvalue weighted by Crippen LogP contribution is 2.12. The lowest BCUT2D eigenvalue weighted by Crippen LogP contribution is -2.33. The van der Waals surface area contributed by atoms with Crippen LogP contribution in [0.3, 0.4) is 0 Å². The summed E-state index contributed by atoms with van der Waals surface area (Å²) in [5.41, 5.74) is 0.0942. The van der Waals surface area contributed by atoms with Crippen molar-refractivity contribution in [1.29, 1.82) is 0 Å². The molecule has 0 saturated carbocycles. The van der Waals surface area contributed by atoms with Crippen molar-refractivity contribution in [2.45, 2.75) is 6.18 Å². The van der Waals surface area contributed by atoms with Gasteiger partial charge in [-0.25, -0.2) is 0 Å². The molecule has 1 aromatic carbocycles. The number of nitrogens with one attached hydrogen (secondary N) is 1. The number of hydrogen-bond donors (Lipinski definition) is 1. The standard InChI is InChI=1S/C9H7F3NO/c10-9(11,12)6-13-8(14)7-4-2-1-3-5-7/h1-4H,6H2,(H,13,14). The fraction of sp³-hybridized carbons (Fsp3) is 0.222. The fourth-order valence-corrected chi connectivity index (χ4v) is 0.810. The molecule has 0 atom stereocenters. The van der Waals surface area contributed by atoms with E-state index in [-0.39, 0.29) is 5.56 Å². The van der Waals surface area contributed by atoms with Gasteiger partial charge in [0.2, 0.25) is 0 Å². The van der Waals surface area contributed by atoms with Crippen LogP contribution in [0.2, 0.25) is 0 Å². The molecule has 0 bridgehead atoms. The molecule has 0 heterocycles. The maximum Gasteiger partial charge on any atom is 0.405 e. The third kappa shape index (κ3) is 3.47. The van der Waals surface area contributed by atoms with E-state index in [1.807, 2.05) is 0 Å². The molecule has 2 nitrogen and oxygen atoms in total. The molecule has 1 rings (SSSR count). The molecule has 1 N–H and O–H groups in total. The van der Waals surface area contributed by atoms with Crippen molar-refractivity contribution in [2.75, 3.05) is 6.54 Å². The molecule has 0 unspecified atom stereocenters. The van der Waals surface area contributed by atoms with Gasteiger partial charge in [0.1, 0.15) is 6.54 Å². The Hall–Kier alpha value is -1.52. The van der Waals surface area contributed by atoms with E-state index in [0.717, 1.165) is 0 Å². The quantitative estimate of drug-likeness (QED) is 0.778.